The number of thiophene rings is 1. The van der Waals surface area contributed by atoms with Crippen molar-refractivity contribution in [3.8, 4) is 10.4 Å². The van der Waals surface area contributed by atoms with Gasteiger partial charge in [0.1, 0.15) is 22.5 Å². The number of amides is 1. The molecule has 1 amide bonds. The number of carbonyl (C=O) groups is 1. The quantitative estimate of drug-likeness (QED) is 0.315. The zero-order chi connectivity index (χ0) is 26.2. The van der Waals surface area contributed by atoms with Crippen molar-refractivity contribution in [1.29, 1.82) is 0 Å². The van der Waals surface area contributed by atoms with Crippen molar-refractivity contribution < 1.29 is 29.0 Å². The van der Waals surface area contributed by atoms with Gasteiger partial charge in [-0.05, 0) is 68.5 Å². The second kappa shape index (κ2) is 10.2. The van der Waals surface area contributed by atoms with Gasteiger partial charge in [0.2, 0.25) is 0 Å². The summed E-state index contributed by atoms with van der Waals surface area (Å²) >= 11 is 0.930. The molecule has 2 aromatic heterocycles. The van der Waals surface area contributed by atoms with Crippen molar-refractivity contribution >= 4 is 28.1 Å². The van der Waals surface area contributed by atoms with Crippen LogP contribution in [0.15, 0.2) is 36.4 Å². The molecule has 0 radical (unpaired) electrons. The van der Waals surface area contributed by atoms with Crippen molar-refractivity contribution in [2.24, 2.45) is 11.7 Å². The minimum absolute atomic E-state index is 0.0310. The topological polar surface area (TPSA) is 132 Å². The van der Waals surface area contributed by atoms with Crippen molar-refractivity contribution in [2.45, 2.75) is 38.4 Å². The van der Waals surface area contributed by atoms with E-state index in [1.54, 1.807) is 18.2 Å². The van der Waals surface area contributed by atoms with Gasteiger partial charge in [0.05, 0.1) is 28.5 Å². The summed E-state index contributed by atoms with van der Waals surface area (Å²) in [5.74, 6) is -2.30. The first-order valence-electron chi connectivity index (χ1n) is 11.5. The standard InChI is InChI=1S/C25H28F2N4O4S/c1-25(2,34)14-10-16(26)21(17(27)11-14)19-12-15(23(28)33)24(36-19)30-20-5-3-4-18(29-20)22(32)13-6-8-31(35)9-7-13/h3-5,10-13,22,32,34-35H,6-9H2,1-2H3,(H2,28,33)(H,29,30). The maximum absolute atomic E-state index is 14.9. The Hall–Kier alpha value is -2.96. The van der Waals surface area contributed by atoms with E-state index in [0.29, 0.717) is 37.4 Å². The normalized spacial score (nSPS) is 16.2. The highest BCUT2D eigenvalue weighted by atomic mass is 32.1. The first-order valence-corrected chi connectivity index (χ1v) is 12.3. The second-order valence-electron chi connectivity index (χ2n) is 9.40. The third-order valence-corrected chi connectivity index (χ3v) is 7.34. The first-order chi connectivity index (χ1) is 16.9. The Bertz CT molecular complexity index is 1250. The van der Waals surface area contributed by atoms with E-state index in [9.17, 15) is 29.0 Å². The number of benzene rings is 1. The lowest BCUT2D eigenvalue weighted by Gasteiger charge is -2.30. The molecule has 192 valence electrons. The number of piperidine rings is 1. The average molecular weight is 519 g/mol. The Labute approximate surface area is 211 Å². The van der Waals surface area contributed by atoms with E-state index in [-0.39, 0.29) is 32.5 Å². The Morgan fingerprint density at radius 3 is 2.44 bits per heavy atom. The lowest BCUT2D eigenvalue weighted by Crippen LogP contribution is -2.33. The number of carbonyl (C=O) groups excluding carboxylic acids is 1. The molecule has 0 bridgehead atoms. The van der Waals surface area contributed by atoms with Crippen LogP contribution in [0.25, 0.3) is 10.4 Å². The maximum atomic E-state index is 14.9. The molecule has 3 heterocycles. The molecule has 36 heavy (non-hydrogen) atoms. The number of anilines is 2. The number of hydrogen-bond acceptors (Lipinski definition) is 8. The van der Waals surface area contributed by atoms with Crippen LogP contribution >= 0.6 is 11.3 Å². The van der Waals surface area contributed by atoms with Crippen LogP contribution in [0.1, 0.15) is 54.4 Å². The third-order valence-electron chi connectivity index (χ3n) is 6.27. The molecule has 11 heteroatoms. The number of pyridine rings is 1. The van der Waals surface area contributed by atoms with E-state index >= 15 is 0 Å². The molecular formula is C25H28F2N4O4S. The van der Waals surface area contributed by atoms with Gasteiger partial charge in [0.25, 0.3) is 5.91 Å². The lowest BCUT2D eigenvalue weighted by molar-refractivity contribution is -0.121. The zero-order valence-electron chi connectivity index (χ0n) is 19.8. The Balaban J connectivity index is 1.63. The first kappa shape index (κ1) is 26.1. The predicted octanol–water partition coefficient (Wildman–Crippen LogP) is 4.29. The van der Waals surface area contributed by atoms with E-state index in [2.05, 4.69) is 10.3 Å². The van der Waals surface area contributed by atoms with Gasteiger partial charge >= 0.3 is 0 Å². The van der Waals surface area contributed by atoms with Crippen LogP contribution in [0.2, 0.25) is 0 Å². The predicted molar refractivity (Wildman–Crippen MR) is 132 cm³/mol. The molecule has 4 rings (SSSR count). The molecule has 3 aromatic rings. The zero-order valence-corrected chi connectivity index (χ0v) is 20.6. The molecule has 6 N–H and O–H groups in total. The molecular weight excluding hydrogens is 490 g/mol. The van der Waals surface area contributed by atoms with Crippen LogP contribution in [0, 0.1) is 17.6 Å². The summed E-state index contributed by atoms with van der Waals surface area (Å²) in [6, 6.07) is 8.44. The third kappa shape index (κ3) is 5.55. The highest BCUT2D eigenvalue weighted by molar-refractivity contribution is 7.20. The van der Waals surface area contributed by atoms with E-state index in [1.807, 2.05) is 0 Å². The number of aliphatic hydroxyl groups excluding tert-OH is 1. The summed E-state index contributed by atoms with van der Waals surface area (Å²) in [4.78, 5) is 16.7. The summed E-state index contributed by atoms with van der Waals surface area (Å²) in [5.41, 5.74) is 4.29. The summed E-state index contributed by atoms with van der Waals surface area (Å²) in [6.45, 7) is 3.77. The smallest absolute Gasteiger partial charge is 0.251 e. The average Bonchev–Trinajstić information content (AvgIpc) is 3.21. The largest absolute Gasteiger partial charge is 0.387 e. The number of primary amides is 1. The van der Waals surface area contributed by atoms with Crippen molar-refractivity contribution in [3.05, 3.63) is 64.9 Å². The summed E-state index contributed by atoms with van der Waals surface area (Å²) in [7, 11) is 0. The molecule has 8 nitrogen and oxygen atoms in total. The van der Waals surface area contributed by atoms with Crippen LogP contribution in [-0.2, 0) is 5.60 Å². The molecule has 1 atom stereocenters. The molecule has 0 aliphatic carbocycles. The molecule has 1 aliphatic rings. The Morgan fingerprint density at radius 2 is 1.86 bits per heavy atom. The van der Waals surface area contributed by atoms with Gasteiger partial charge in [-0.3, -0.25) is 4.79 Å². The number of hydrogen-bond donors (Lipinski definition) is 5. The number of nitrogens with two attached hydrogens (primary N) is 1. The van der Waals surface area contributed by atoms with Crippen molar-refractivity contribution in [1.82, 2.24) is 10.0 Å². The Kier molecular flexibility index (Phi) is 7.39. The SMILES string of the molecule is CC(C)(O)c1cc(F)c(-c2cc(C(N)=O)c(Nc3cccc(C(O)C4CCN(O)CC4)n3)s2)c(F)c1. The van der Waals surface area contributed by atoms with Gasteiger partial charge in [-0.15, -0.1) is 11.3 Å². The Morgan fingerprint density at radius 1 is 1.22 bits per heavy atom. The van der Waals surface area contributed by atoms with E-state index < -0.39 is 29.2 Å². The fourth-order valence-electron chi connectivity index (χ4n) is 4.20. The van der Waals surface area contributed by atoms with E-state index in [0.717, 1.165) is 23.5 Å². The molecule has 1 fully saturated rings. The number of nitrogens with one attached hydrogen (secondary N) is 1. The van der Waals surface area contributed by atoms with Crippen LogP contribution < -0.4 is 11.1 Å². The van der Waals surface area contributed by atoms with Gasteiger partial charge in [0, 0.05) is 18.0 Å². The molecule has 1 unspecified atom stereocenters. The van der Waals surface area contributed by atoms with Crippen LogP contribution in [-0.4, -0.2) is 44.5 Å². The lowest BCUT2D eigenvalue weighted by atomic mass is 9.90. The van der Waals surface area contributed by atoms with Crippen LogP contribution in [0.3, 0.4) is 0 Å². The summed E-state index contributed by atoms with van der Waals surface area (Å²) in [5, 5.41) is 34.9. The molecule has 0 saturated carbocycles. The van der Waals surface area contributed by atoms with E-state index in [4.69, 9.17) is 5.73 Å². The highest BCUT2D eigenvalue weighted by Gasteiger charge is 2.27. The van der Waals surface area contributed by atoms with Crippen LogP contribution in [0.4, 0.5) is 19.6 Å². The van der Waals surface area contributed by atoms with Crippen molar-refractivity contribution in [3.63, 3.8) is 0 Å². The van der Waals surface area contributed by atoms with E-state index in [1.165, 1.54) is 25.0 Å². The van der Waals surface area contributed by atoms with Gasteiger partial charge in [0.15, 0.2) is 0 Å². The summed E-state index contributed by atoms with van der Waals surface area (Å²) < 4.78 is 29.8. The van der Waals surface area contributed by atoms with Gasteiger partial charge in [-0.2, -0.15) is 5.06 Å². The number of nitrogens with zero attached hydrogens (tertiary/aromatic N) is 2. The molecule has 1 saturated heterocycles. The van der Waals surface area contributed by atoms with Crippen molar-refractivity contribution in [2.75, 3.05) is 18.4 Å². The number of halogens is 2. The number of aliphatic hydroxyl groups is 2. The molecule has 0 spiro atoms. The monoisotopic (exact) mass is 518 g/mol. The minimum Gasteiger partial charge on any atom is -0.387 e. The number of hydroxylamine groups is 2. The van der Waals surface area contributed by atoms with Gasteiger partial charge < -0.3 is 26.5 Å². The fraction of sp³-hybridized carbons (Fsp3) is 0.360. The summed E-state index contributed by atoms with van der Waals surface area (Å²) in [6.07, 6.45) is 0.383. The fourth-order valence-corrected chi connectivity index (χ4v) is 5.32. The number of aromatic nitrogens is 1. The number of rotatable bonds is 7. The van der Waals surface area contributed by atoms with Gasteiger partial charge in [-0.1, -0.05) is 6.07 Å². The minimum atomic E-state index is -1.43. The molecule has 1 aromatic carbocycles. The van der Waals surface area contributed by atoms with Crippen LogP contribution in [0.5, 0.6) is 0 Å². The molecule has 1 aliphatic heterocycles. The second-order valence-corrected chi connectivity index (χ2v) is 10.5. The maximum Gasteiger partial charge on any atom is 0.251 e. The highest BCUT2D eigenvalue weighted by Crippen LogP contribution is 2.40. The van der Waals surface area contributed by atoms with Gasteiger partial charge in [-0.25, -0.2) is 13.8 Å².